The molecule has 1 aromatic rings. The first kappa shape index (κ1) is 10.1. The summed E-state index contributed by atoms with van der Waals surface area (Å²) >= 11 is 0. The highest BCUT2D eigenvalue weighted by Gasteiger charge is 2.22. The van der Waals surface area contributed by atoms with Gasteiger partial charge in [-0.3, -0.25) is 4.79 Å². The summed E-state index contributed by atoms with van der Waals surface area (Å²) in [5, 5.41) is 2.83. The lowest BCUT2D eigenvalue weighted by molar-refractivity contribution is -0.119. The van der Waals surface area contributed by atoms with E-state index in [1.807, 2.05) is 18.2 Å². The molecule has 1 fully saturated rings. The molecule has 1 aromatic carbocycles. The van der Waals surface area contributed by atoms with Gasteiger partial charge in [0.05, 0.1) is 0 Å². The molecule has 1 aliphatic rings. The molecular formula is C10H12ClNO. The fourth-order valence-electron chi connectivity index (χ4n) is 1.57. The van der Waals surface area contributed by atoms with Crippen LogP contribution in [0.2, 0.25) is 0 Å². The van der Waals surface area contributed by atoms with E-state index in [2.05, 4.69) is 17.4 Å². The highest BCUT2D eigenvalue weighted by Crippen LogP contribution is 2.21. The highest BCUT2D eigenvalue weighted by atomic mass is 35.5. The van der Waals surface area contributed by atoms with E-state index in [0.29, 0.717) is 12.3 Å². The van der Waals surface area contributed by atoms with Crippen molar-refractivity contribution < 1.29 is 4.79 Å². The summed E-state index contributed by atoms with van der Waals surface area (Å²) in [4.78, 5) is 10.9. The summed E-state index contributed by atoms with van der Waals surface area (Å²) in [5.74, 6) is 0.558. The number of carbonyl (C=O) groups excluding carboxylic acids is 1. The number of rotatable bonds is 1. The molecule has 1 unspecified atom stereocenters. The zero-order chi connectivity index (χ0) is 8.39. The molecule has 0 saturated carbocycles. The third-order valence-corrected chi connectivity index (χ3v) is 2.25. The van der Waals surface area contributed by atoms with Crippen LogP contribution in [0.15, 0.2) is 30.3 Å². The molecule has 1 saturated heterocycles. The zero-order valence-electron chi connectivity index (χ0n) is 7.19. The van der Waals surface area contributed by atoms with Gasteiger partial charge in [0.2, 0.25) is 5.91 Å². The molecule has 1 atom stereocenters. The largest absolute Gasteiger partial charge is 0.355 e. The van der Waals surface area contributed by atoms with E-state index in [1.165, 1.54) is 5.56 Å². The molecule has 0 bridgehead atoms. The van der Waals surface area contributed by atoms with Gasteiger partial charge in [0, 0.05) is 18.9 Å². The Kier molecular flexibility index (Phi) is 3.32. The Hall–Kier alpha value is -1.02. The van der Waals surface area contributed by atoms with Crippen molar-refractivity contribution >= 4 is 18.3 Å². The standard InChI is InChI=1S/C10H11NO.ClH/c12-10-6-9(7-11-10)8-4-2-1-3-5-8;/h1-5,9H,6-7H2,(H,11,12);1H. The van der Waals surface area contributed by atoms with Crippen molar-refractivity contribution in [3.8, 4) is 0 Å². The number of hydrogen-bond acceptors (Lipinski definition) is 1. The molecule has 70 valence electrons. The monoisotopic (exact) mass is 197 g/mol. The van der Waals surface area contributed by atoms with Crippen LogP contribution >= 0.6 is 12.4 Å². The summed E-state index contributed by atoms with van der Waals surface area (Å²) in [6, 6.07) is 10.2. The Morgan fingerprint density at radius 2 is 1.92 bits per heavy atom. The molecule has 1 heterocycles. The molecule has 1 aliphatic heterocycles. The molecule has 0 spiro atoms. The third kappa shape index (κ3) is 2.22. The lowest BCUT2D eigenvalue weighted by atomic mass is 9.99. The van der Waals surface area contributed by atoms with Crippen molar-refractivity contribution in [2.24, 2.45) is 0 Å². The first-order valence-electron chi connectivity index (χ1n) is 4.18. The number of benzene rings is 1. The molecule has 3 heteroatoms. The van der Waals surface area contributed by atoms with Crippen molar-refractivity contribution in [2.75, 3.05) is 6.54 Å². The quantitative estimate of drug-likeness (QED) is 0.730. The van der Waals surface area contributed by atoms with Crippen LogP contribution in [0.3, 0.4) is 0 Å². The maximum Gasteiger partial charge on any atom is 0.220 e. The number of carbonyl (C=O) groups is 1. The maximum atomic E-state index is 10.9. The second kappa shape index (κ2) is 4.28. The van der Waals surface area contributed by atoms with Crippen LogP contribution in [0.25, 0.3) is 0 Å². The Bertz CT molecular complexity index is 286. The van der Waals surface area contributed by atoms with E-state index in [1.54, 1.807) is 0 Å². The fraction of sp³-hybridized carbons (Fsp3) is 0.300. The Labute approximate surface area is 83.7 Å². The minimum Gasteiger partial charge on any atom is -0.355 e. The first-order chi connectivity index (χ1) is 5.86. The van der Waals surface area contributed by atoms with E-state index in [-0.39, 0.29) is 18.3 Å². The first-order valence-corrected chi connectivity index (χ1v) is 4.18. The molecule has 0 radical (unpaired) electrons. The normalized spacial score (nSPS) is 20.6. The summed E-state index contributed by atoms with van der Waals surface area (Å²) in [5.41, 5.74) is 1.26. The van der Waals surface area contributed by atoms with E-state index in [4.69, 9.17) is 0 Å². The summed E-state index contributed by atoms with van der Waals surface area (Å²) in [7, 11) is 0. The lowest BCUT2D eigenvalue weighted by Crippen LogP contribution is -2.13. The van der Waals surface area contributed by atoms with Gasteiger partial charge < -0.3 is 5.32 Å². The van der Waals surface area contributed by atoms with Crippen molar-refractivity contribution in [1.29, 1.82) is 0 Å². The third-order valence-electron chi connectivity index (χ3n) is 2.25. The lowest BCUT2D eigenvalue weighted by Gasteiger charge is -2.05. The van der Waals surface area contributed by atoms with Crippen LogP contribution in [-0.2, 0) is 4.79 Å². The average molecular weight is 198 g/mol. The number of hydrogen-bond donors (Lipinski definition) is 1. The van der Waals surface area contributed by atoms with E-state index in [9.17, 15) is 4.79 Å². The van der Waals surface area contributed by atoms with Crippen LogP contribution in [-0.4, -0.2) is 12.5 Å². The van der Waals surface area contributed by atoms with Crippen LogP contribution in [0, 0.1) is 0 Å². The molecule has 2 nitrogen and oxygen atoms in total. The van der Waals surface area contributed by atoms with Gasteiger partial charge >= 0.3 is 0 Å². The van der Waals surface area contributed by atoms with Gasteiger partial charge in [-0.05, 0) is 5.56 Å². The molecule has 13 heavy (non-hydrogen) atoms. The second-order valence-corrected chi connectivity index (χ2v) is 3.12. The van der Waals surface area contributed by atoms with Crippen molar-refractivity contribution in [3.63, 3.8) is 0 Å². The Balaban J connectivity index is 0.000000845. The van der Waals surface area contributed by atoms with Gasteiger partial charge in [0.1, 0.15) is 0 Å². The second-order valence-electron chi connectivity index (χ2n) is 3.12. The highest BCUT2D eigenvalue weighted by molar-refractivity contribution is 5.85. The van der Waals surface area contributed by atoms with Crippen LogP contribution in [0.4, 0.5) is 0 Å². The number of halogens is 1. The van der Waals surface area contributed by atoms with Crippen LogP contribution < -0.4 is 5.32 Å². The average Bonchev–Trinajstić information content (AvgIpc) is 2.54. The molecule has 1 N–H and O–H groups in total. The summed E-state index contributed by atoms with van der Waals surface area (Å²) < 4.78 is 0. The Morgan fingerprint density at radius 1 is 1.23 bits per heavy atom. The van der Waals surface area contributed by atoms with Gasteiger partial charge in [0.15, 0.2) is 0 Å². The van der Waals surface area contributed by atoms with Crippen molar-refractivity contribution in [3.05, 3.63) is 35.9 Å². The number of nitrogens with one attached hydrogen (secondary N) is 1. The van der Waals surface area contributed by atoms with E-state index in [0.717, 1.165) is 6.54 Å². The van der Waals surface area contributed by atoms with E-state index < -0.39 is 0 Å². The SMILES string of the molecule is Cl.O=C1CC(c2ccccc2)CN1. The minimum atomic E-state index is 0. The molecule has 0 aromatic heterocycles. The van der Waals surface area contributed by atoms with Crippen molar-refractivity contribution in [1.82, 2.24) is 5.32 Å². The van der Waals surface area contributed by atoms with Gasteiger partial charge in [-0.2, -0.15) is 0 Å². The summed E-state index contributed by atoms with van der Waals surface area (Å²) in [6.07, 6.45) is 0.643. The zero-order valence-corrected chi connectivity index (χ0v) is 8.01. The Morgan fingerprint density at radius 3 is 2.46 bits per heavy atom. The molecule has 1 amide bonds. The van der Waals surface area contributed by atoms with Crippen molar-refractivity contribution in [2.45, 2.75) is 12.3 Å². The maximum absolute atomic E-state index is 10.9. The van der Waals surface area contributed by atoms with Gasteiger partial charge in [0.25, 0.3) is 0 Å². The molecule has 2 rings (SSSR count). The topological polar surface area (TPSA) is 29.1 Å². The summed E-state index contributed by atoms with van der Waals surface area (Å²) in [6.45, 7) is 0.794. The molecule has 0 aliphatic carbocycles. The molecular weight excluding hydrogens is 186 g/mol. The van der Waals surface area contributed by atoms with Gasteiger partial charge in [-0.15, -0.1) is 12.4 Å². The minimum absolute atomic E-state index is 0. The van der Waals surface area contributed by atoms with E-state index >= 15 is 0 Å². The van der Waals surface area contributed by atoms with Gasteiger partial charge in [-0.1, -0.05) is 30.3 Å². The van der Waals surface area contributed by atoms with Gasteiger partial charge in [-0.25, -0.2) is 0 Å². The predicted molar refractivity (Wildman–Crippen MR) is 54.1 cm³/mol. The predicted octanol–water partition coefficient (Wildman–Crippen LogP) is 1.71. The van der Waals surface area contributed by atoms with Crippen LogP contribution in [0.5, 0.6) is 0 Å². The van der Waals surface area contributed by atoms with Crippen LogP contribution in [0.1, 0.15) is 17.9 Å². The fourth-order valence-corrected chi connectivity index (χ4v) is 1.57. The number of amides is 1. The smallest absolute Gasteiger partial charge is 0.220 e.